The van der Waals surface area contributed by atoms with E-state index in [4.69, 9.17) is 4.74 Å². The Morgan fingerprint density at radius 2 is 2.18 bits per heavy atom. The van der Waals surface area contributed by atoms with Gasteiger partial charge in [-0.2, -0.15) is 0 Å². The molecule has 2 heterocycles. The smallest absolute Gasteiger partial charge is 0.0702 e. The molecule has 0 unspecified atom stereocenters. The van der Waals surface area contributed by atoms with E-state index >= 15 is 0 Å². The van der Waals surface area contributed by atoms with Crippen LogP contribution in [0.3, 0.4) is 0 Å². The molecule has 0 amide bonds. The third-order valence-corrected chi connectivity index (χ3v) is 3.49. The van der Waals surface area contributed by atoms with Crippen molar-refractivity contribution in [3.05, 3.63) is 41.6 Å². The van der Waals surface area contributed by atoms with Gasteiger partial charge < -0.3 is 9.84 Å². The molecule has 1 aliphatic rings. The van der Waals surface area contributed by atoms with E-state index in [0.29, 0.717) is 13.2 Å². The highest BCUT2D eigenvalue weighted by Crippen LogP contribution is 2.33. The molecule has 3 rings (SSSR count). The van der Waals surface area contributed by atoms with Crippen LogP contribution in [0.1, 0.15) is 11.1 Å². The zero-order valence-electron chi connectivity index (χ0n) is 9.81. The van der Waals surface area contributed by atoms with Crippen LogP contribution in [-0.4, -0.2) is 29.9 Å². The first-order valence-electron chi connectivity index (χ1n) is 5.79. The minimum absolute atomic E-state index is 0.137. The number of nitrogens with zero attached hydrogens (tertiary/aromatic N) is 1. The summed E-state index contributed by atoms with van der Waals surface area (Å²) in [5.41, 5.74) is 3.09. The number of aliphatic hydroxyl groups excluding tert-OH is 1. The Kier molecular flexibility index (Phi) is 2.38. The fourth-order valence-corrected chi connectivity index (χ4v) is 2.27. The maximum Gasteiger partial charge on any atom is 0.0702 e. The van der Waals surface area contributed by atoms with E-state index in [-0.39, 0.29) is 12.0 Å². The first-order chi connectivity index (χ1) is 8.23. The Morgan fingerprint density at radius 1 is 1.35 bits per heavy atom. The first-order valence-corrected chi connectivity index (χ1v) is 5.79. The number of hydrogen-bond donors (Lipinski definition) is 1. The van der Waals surface area contributed by atoms with Gasteiger partial charge >= 0.3 is 0 Å². The van der Waals surface area contributed by atoms with E-state index in [1.807, 2.05) is 25.3 Å². The molecule has 1 saturated heterocycles. The van der Waals surface area contributed by atoms with E-state index in [2.05, 4.69) is 17.1 Å². The normalized spacial score (nSPS) is 18.0. The van der Waals surface area contributed by atoms with Gasteiger partial charge in [-0.25, -0.2) is 0 Å². The van der Waals surface area contributed by atoms with Gasteiger partial charge in [0.15, 0.2) is 0 Å². The Bertz CT molecular complexity index is 556. The van der Waals surface area contributed by atoms with Crippen LogP contribution in [0.4, 0.5) is 0 Å². The molecule has 17 heavy (non-hydrogen) atoms. The lowest BCUT2D eigenvalue weighted by molar-refractivity contribution is -0.0841. The lowest BCUT2D eigenvalue weighted by Gasteiger charge is -2.40. The molecule has 88 valence electrons. The lowest BCUT2D eigenvalue weighted by Crippen LogP contribution is -2.49. The minimum atomic E-state index is -0.196. The molecule has 1 fully saturated rings. The largest absolute Gasteiger partial charge is 0.395 e. The molecular formula is C14H15NO2. The number of aromatic nitrogens is 1. The number of ether oxygens (including phenoxy) is 1. The van der Waals surface area contributed by atoms with E-state index in [0.717, 1.165) is 22.0 Å². The molecule has 1 N–H and O–H groups in total. The zero-order valence-corrected chi connectivity index (χ0v) is 9.81. The molecule has 2 aromatic rings. The Labute approximate surface area is 100 Å². The van der Waals surface area contributed by atoms with Crippen molar-refractivity contribution >= 4 is 10.9 Å². The topological polar surface area (TPSA) is 42.4 Å². The van der Waals surface area contributed by atoms with E-state index < -0.39 is 0 Å². The van der Waals surface area contributed by atoms with Gasteiger partial charge in [-0.1, -0.05) is 6.07 Å². The summed E-state index contributed by atoms with van der Waals surface area (Å²) in [4.78, 5) is 4.38. The molecule has 3 nitrogen and oxygen atoms in total. The van der Waals surface area contributed by atoms with Crippen LogP contribution < -0.4 is 0 Å². The molecular weight excluding hydrogens is 214 g/mol. The van der Waals surface area contributed by atoms with Crippen LogP contribution in [0, 0.1) is 6.92 Å². The van der Waals surface area contributed by atoms with Crippen LogP contribution in [0.2, 0.25) is 0 Å². The number of hydrogen-bond acceptors (Lipinski definition) is 3. The highest BCUT2D eigenvalue weighted by atomic mass is 16.5. The zero-order chi connectivity index (χ0) is 11.9. The second kappa shape index (κ2) is 3.79. The van der Waals surface area contributed by atoms with Crippen molar-refractivity contribution in [3.63, 3.8) is 0 Å². The average Bonchev–Trinajstić information content (AvgIpc) is 2.28. The van der Waals surface area contributed by atoms with Crippen molar-refractivity contribution in [1.29, 1.82) is 0 Å². The van der Waals surface area contributed by atoms with Gasteiger partial charge in [-0.3, -0.25) is 4.98 Å². The Morgan fingerprint density at radius 3 is 2.82 bits per heavy atom. The van der Waals surface area contributed by atoms with Crippen LogP contribution in [-0.2, 0) is 10.2 Å². The van der Waals surface area contributed by atoms with Gasteiger partial charge in [0.05, 0.1) is 30.8 Å². The summed E-state index contributed by atoms with van der Waals surface area (Å²) in [5.74, 6) is 0. The maximum atomic E-state index is 9.52. The summed E-state index contributed by atoms with van der Waals surface area (Å²) in [6, 6.07) is 8.30. The Balaban J connectivity index is 2.12. The van der Waals surface area contributed by atoms with Crippen LogP contribution in [0.15, 0.2) is 30.5 Å². The highest BCUT2D eigenvalue weighted by molar-refractivity contribution is 5.80. The van der Waals surface area contributed by atoms with E-state index in [1.54, 1.807) is 0 Å². The molecule has 1 aliphatic heterocycles. The third kappa shape index (κ3) is 1.63. The number of benzene rings is 1. The summed E-state index contributed by atoms with van der Waals surface area (Å²) >= 11 is 0. The summed E-state index contributed by atoms with van der Waals surface area (Å²) in [6.45, 7) is 3.38. The van der Waals surface area contributed by atoms with Gasteiger partial charge in [0, 0.05) is 11.6 Å². The second-order valence-corrected chi connectivity index (χ2v) is 4.85. The number of fused-ring (bicyclic) bond motifs is 1. The standard InChI is InChI=1S/C14H15NO2/c1-10-4-11-5-12(2-3-13(11)15-6-10)14(7-16)8-17-9-14/h2-6,16H,7-9H2,1H3. The predicted octanol–water partition coefficient (Wildman–Crippen LogP) is 1.80. The van der Waals surface area contributed by atoms with Crippen molar-refractivity contribution < 1.29 is 9.84 Å². The monoisotopic (exact) mass is 229 g/mol. The van der Waals surface area contributed by atoms with Crippen molar-refractivity contribution in [2.24, 2.45) is 0 Å². The fraction of sp³-hybridized carbons (Fsp3) is 0.357. The van der Waals surface area contributed by atoms with Gasteiger partial charge in [0.1, 0.15) is 0 Å². The second-order valence-electron chi connectivity index (χ2n) is 4.85. The summed E-state index contributed by atoms with van der Waals surface area (Å²) < 4.78 is 5.24. The Hall–Kier alpha value is -1.45. The van der Waals surface area contributed by atoms with Crippen LogP contribution in [0.5, 0.6) is 0 Å². The van der Waals surface area contributed by atoms with Gasteiger partial charge in [-0.15, -0.1) is 0 Å². The molecule has 3 heteroatoms. The summed E-state index contributed by atoms with van der Waals surface area (Å²) in [5, 5.41) is 10.6. The number of aryl methyl sites for hydroxylation is 1. The van der Waals surface area contributed by atoms with Crippen LogP contribution in [0.25, 0.3) is 10.9 Å². The van der Waals surface area contributed by atoms with Gasteiger partial charge in [0.25, 0.3) is 0 Å². The fourth-order valence-electron chi connectivity index (χ4n) is 2.27. The van der Waals surface area contributed by atoms with Gasteiger partial charge in [0.2, 0.25) is 0 Å². The molecule has 0 spiro atoms. The number of pyridine rings is 1. The quantitative estimate of drug-likeness (QED) is 0.854. The molecule has 1 aromatic heterocycles. The van der Waals surface area contributed by atoms with Crippen molar-refractivity contribution in [1.82, 2.24) is 4.98 Å². The number of rotatable bonds is 2. The summed E-state index contributed by atoms with van der Waals surface area (Å²) in [7, 11) is 0. The van der Waals surface area contributed by atoms with E-state index in [9.17, 15) is 5.11 Å². The lowest BCUT2D eigenvalue weighted by atomic mass is 9.79. The SMILES string of the molecule is Cc1cnc2ccc(C3(CO)COC3)cc2c1. The average molecular weight is 229 g/mol. The van der Waals surface area contributed by atoms with Gasteiger partial charge in [-0.05, 0) is 36.2 Å². The molecule has 1 aromatic carbocycles. The maximum absolute atomic E-state index is 9.52. The molecule has 0 saturated carbocycles. The van der Waals surface area contributed by atoms with E-state index in [1.165, 1.54) is 0 Å². The number of aliphatic hydroxyl groups is 1. The minimum Gasteiger partial charge on any atom is -0.395 e. The molecule has 0 atom stereocenters. The molecule has 0 aliphatic carbocycles. The van der Waals surface area contributed by atoms with Crippen molar-refractivity contribution in [2.45, 2.75) is 12.3 Å². The van der Waals surface area contributed by atoms with Crippen LogP contribution >= 0.6 is 0 Å². The van der Waals surface area contributed by atoms with Crippen molar-refractivity contribution in [2.75, 3.05) is 19.8 Å². The first kappa shape index (κ1) is 10.7. The summed E-state index contributed by atoms with van der Waals surface area (Å²) in [6.07, 6.45) is 1.87. The molecule has 0 radical (unpaired) electrons. The predicted molar refractivity (Wildman–Crippen MR) is 66.1 cm³/mol. The van der Waals surface area contributed by atoms with Crippen molar-refractivity contribution in [3.8, 4) is 0 Å². The molecule has 0 bridgehead atoms. The third-order valence-electron chi connectivity index (χ3n) is 3.49. The highest BCUT2D eigenvalue weighted by Gasteiger charge is 2.39.